The standard InChI is InChI=1S/C56H98NO10P/c1-3-5-7-9-11-13-15-17-19-21-23-25-26-28-30-32-34-36-38-40-42-44-46-48-55(60)65-49-52(58)50-66-68(63,64)67-51-53(56(61)62)57-54(59)47-45-43-41-39-37-35-33-31-29-27-24-22-20-18-16-14-12-10-8-6-4-2/h11-14,17-20,24,27,31,33,52-53,58H,3-10,15-16,21-23,25-26,28-30,32,34-51H2,1-2H3,(H,57,59)(H,61,62)(H,63,64)/b13-11-,14-12-,19-17-,20-18-,27-24-,33-31-. The Labute approximate surface area is 414 Å². The Hall–Kier alpha value is -3.08. The third-order valence-corrected chi connectivity index (χ3v) is 12.4. The summed E-state index contributed by atoms with van der Waals surface area (Å²) >= 11 is 0. The van der Waals surface area contributed by atoms with E-state index in [0.717, 1.165) is 77.0 Å². The van der Waals surface area contributed by atoms with Gasteiger partial charge in [0.2, 0.25) is 5.91 Å². The van der Waals surface area contributed by atoms with E-state index in [1.54, 1.807) is 0 Å². The Morgan fingerprint density at radius 3 is 1.21 bits per heavy atom. The van der Waals surface area contributed by atoms with Crippen LogP contribution < -0.4 is 5.32 Å². The molecule has 0 fully saturated rings. The number of amides is 1. The number of unbranched alkanes of at least 4 members (excludes halogenated alkanes) is 24. The number of hydrogen-bond donors (Lipinski definition) is 4. The van der Waals surface area contributed by atoms with Gasteiger partial charge in [0.25, 0.3) is 0 Å². The van der Waals surface area contributed by atoms with Gasteiger partial charge in [0.05, 0.1) is 13.2 Å². The van der Waals surface area contributed by atoms with Gasteiger partial charge in [-0.05, 0) is 89.9 Å². The van der Waals surface area contributed by atoms with E-state index >= 15 is 0 Å². The molecule has 0 aromatic rings. The zero-order chi connectivity index (χ0) is 49.9. The molecule has 4 N–H and O–H groups in total. The first-order valence-corrected chi connectivity index (χ1v) is 28.5. The van der Waals surface area contributed by atoms with Crippen molar-refractivity contribution < 1.29 is 47.8 Å². The largest absolute Gasteiger partial charge is 0.480 e. The summed E-state index contributed by atoms with van der Waals surface area (Å²) < 4.78 is 27.0. The molecule has 0 aliphatic carbocycles. The molecule has 0 spiro atoms. The summed E-state index contributed by atoms with van der Waals surface area (Å²) in [6, 6.07) is -1.56. The predicted molar refractivity (Wildman–Crippen MR) is 281 cm³/mol. The first kappa shape index (κ1) is 64.9. The van der Waals surface area contributed by atoms with Gasteiger partial charge in [-0.3, -0.25) is 18.6 Å². The molecule has 0 heterocycles. The molecular weight excluding hydrogens is 878 g/mol. The number of carboxylic acids is 1. The van der Waals surface area contributed by atoms with E-state index in [-0.39, 0.29) is 12.8 Å². The minimum atomic E-state index is -4.77. The average Bonchev–Trinajstić information content (AvgIpc) is 3.32. The van der Waals surface area contributed by atoms with Crippen molar-refractivity contribution in [2.75, 3.05) is 19.8 Å². The van der Waals surface area contributed by atoms with Gasteiger partial charge in [-0.15, -0.1) is 0 Å². The van der Waals surface area contributed by atoms with Crippen LogP contribution in [0.4, 0.5) is 0 Å². The zero-order valence-electron chi connectivity index (χ0n) is 42.9. The van der Waals surface area contributed by atoms with Gasteiger partial charge < -0.3 is 25.2 Å². The molecule has 12 heteroatoms. The molecule has 0 rings (SSSR count). The number of aliphatic hydroxyl groups excluding tert-OH is 1. The summed E-state index contributed by atoms with van der Waals surface area (Å²) in [5.41, 5.74) is 0. The second-order valence-electron chi connectivity index (χ2n) is 18.1. The topological polar surface area (TPSA) is 169 Å². The third kappa shape index (κ3) is 49.3. The molecule has 0 aliphatic heterocycles. The van der Waals surface area contributed by atoms with Crippen LogP contribution >= 0.6 is 7.82 Å². The van der Waals surface area contributed by atoms with Crippen molar-refractivity contribution in [3.05, 3.63) is 72.9 Å². The molecular formula is C56H98NO10P. The highest BCUT2D eigenvalue weighted by Crippen LogP contribution is 2.43. The number of rotatable bonds is 50. The monoisotopic (exact) mass is 976 g/mol. The molecule has 11 nitrogen and oxygen atoms in total. The van der Waals surface area contributed by atoms with Crippen molar-refractivity contribution >= 4 is 25.7 Å². The Morgan fingerprint density at radius 2 is 0.809 bits per heavy atom. The molecule has 3 unspecified atom stereocenters. The lowest BCUT2D eigenvalue weighted by Crippen LogP contribution is -2.43. The lowest BCUT2D eigenvalue weighted by Gasteiger charge is -2.18. The number of aliphatic hydroxyl groups is 1. The minimum absolute atomic E-state index is 0.122. The number of carbonyl (C=O) groups excluding carboxylic acids is 2. The number of phosphoric acid groups is 1. The van der Waals surface area contributed by atoms with Crippen LogP contribution in [0.1, 0.15) is 232 Å². The maximum atomic E-state index is 12.4. The van der Waals surface area contributed by atoms with Crippen molar-refractivity contribution in [1.29, 1.82) is 0 Å². The number of allylic oxidation sites excluding steroid dienone is 12. The molecule has 1 amide bonds. The van der Waals surface area contributed by atoms with Crippen LogP contribution in [0.3, 0.4) is 0 Å². The van der Waals surface area contributed by atoms with E-state index in [9.17, 15) is 34.1 Å². The van der Waals surface area contributed by atoms with Gasteiger partial charge in [0.1, 0.15) is 12.7 Å². The number of ether oxygens (including phenoxy) is 1. The molecule has 0 bridgehead atoms. The molecule has 392 valence electrons. The summed E-state index contributed by atoms with van der Waals surface area (Å²) in [6.45, 7) is 2.55. The number of phosphoric ester groups is 1. The summed E-state index contributed by atoms with van der Waals surface area (Å²) in [7, 11) is -4.77. The molecule has 0 radical (unpaired) electrons. The van der Waals surface area contributed by atoms with Gasteiger partial charge >= 0.3 is 19.8 Å². The summed E-state index contributed by atoms with van der Waals surface area (Å²) in [5.74, 6) is -2.40. The van der Waals surface area contributed by atoms with Crippen molar-refractivity contribution in [1.82, 2.24) is 5.32 Å². The SMILES string of the molecule is CCCCC/C=C\C/C=C\C/C=C\C/C=C\CCCCCCCC(=O)NC(COP(=O)(O)OCC(O)COC(=O)CCCCCCCCCCCCCCC/C=C\C/C=C\CCCCC)C(=O)O. The highest BCUT2D eigenvalue weighted by Gasteiger charge is 2.28. The zero-order valence-corrected chi connectivity index (χ0v) is 43.8. The Morgan fingerprint density at radius 1 is 0.471 bits per heavy atom. The van der Waals surface area contributed by atoms with Crippen LogP contribution in [-0.4, -0.2) is 64.9 Å². The van der Waals surface area contributed by atoms with Gasteiger partial charge in [0.15, 0.2) is 6.04 Å². The highest BCUT2D eigenvalue weighted by atomic mass is 31.2. The van der Waals surface area contributed by atoms with Crippen LogP contribution in [0, 0.1) is 0 Å². The fraction of sp³-hybridized carbons (Fsp3) is 0.732. The number of nitrogens with one attached hydrogen (secondary N) is 1. The maximum absolute atomic E-state index is 12.4. The second kappa shape index (κ2) is 50.3. The van der Waals surface area contributed by atoms with E-state index in [0.29, 0.717) is 12.8 Å². The Bertz CT molecular complexity index is 1420. The second-order valence-corrected chi connectivity index (χ2v) is 19.5. The summed E-state index contributed by atoms with van der Waals surface area (Å²) in [4.78, 5) is 46.2. The van der Waals surface area contributed by atoms with Gasteiger partial charge in [-0.1, -0.05) is 202 Å². The fourth-order valence-corrected chi connectivity index (χ4v) is 8.04. The van der Waals surface area contributed by atoms with Gasteiger partial charge in [-0.25, -0.2) is 9.36 Å². The smallest absolute Gasteiger partial charge is 0.472 e. The normalized spacial score (nSPS) is 14.1. The van der Waals surface area contributed by atoms with Crippen molar-refractivity contribution in [3.8, 4) is 0 Å². The molecule has 3 atom stereocenters. The van der Waals surface area contributed by atoms with Crippen LogP contribution in [0.25, 0.3) is 0 Å². The van der Waals surface area contributed by atoms with Crippen LogP contribution in [0.2, 0.25) is 0 Å². The minimum Gasteiger partial charge on any atom is -0.480 e. The molecule has 0 saturated heterocycles. The first-order valence-electron chi connectivity index (χ1n) is 27.0. The van der Waals surface area contributed by atoms with Crippen LogP contribution in [-0.2, 0) is 32.7 Å². The molecule has 0 aromatic heterocycles. The van der Waals surface area contributed by atoms with Gasteiger partial charge in [0, 0.05) is 12.8 Å². The van der Waals surface area contributed by atoms with Crippen molar-refractivity contribution in [2.45, 2.75) is 244 Å². The van der Waals surface area contributed by atoms with Crippen LogP contribution in [0.5, 0.6) is 0 Å². The molecule has 0 aromatic carbocycles. The lowest BCUT2D eigenvalue weighted by molar-refractivity contribution is -0.147. The Kier molecular flexibility index (Phi) is 48.0. The number of esters is 1. The highest BCUT2D eigenvalue weighted by molar-refractivity contribution is 7.47. The summed E-state index contributed by atoms with van der Waals surface area (Å²) in [5, 5.41) is 21.9. The summed E-state index contributed by atoms with van der Waals surface area (Å²) in [6.07, 6.45) is 62.0. The number of carboxylic acid groups (broad SMARTS) is 1. The molecule has 68 heavy (non-hydrogen) atoms. The van der Waals surface area contributed by atoms with Gasteiger partial charge in [-0.2, -0.15) is 0 Å². The van der Waals surface area contributed by atoms with E-state index in [4.69, 9.17) is 13.8 Å². The predicted octanol–water partition coefficient (Wildman–Crippen LogP) is 15.2. The third-order valence-electron chi connectivity index (χ3n) is 11.5. The maximum Gasteiger partial charge on any atom is 0.472 e. The van der Waals surface area contributed by atoms with E-state index < -0.39 is 57.6 Å². The number of hydrogen-bond acceptors (Lipinski definition) is 8. The van der Waals surface area contributed by atoms with Crippen LogP contribution in [0.15, 0.2) is 72.9 Å². The molecule has 0 aliphatic rings. The average molecular weight is 976 g/mol. The van der Waals surface area contributed by atoms with E-state index in [2.05, 4.69) is 92.1 Å². The first-order chi connectivity index (χ1) is 33.1. The Balaban J connectivity index is 3.84. The number of carbonyl (C=O) groups is 3. The van der Waals surface area contributed by atoms with Crippen molar-refractivity contribution in [3.63, 3.8) is 0 Å². The molecule has 0 saturated carbocycles. The fourth-order valence-electron chi connectivity index (χ4n) is 7.27. The van der Waals surface area contributed by atoms with E-state index in [1.807, 2.05) is 0 Å². The quantitative estimate of drug-likeness (QED) is 0.0199. The van der Waals surface area contributed by atoms with Crippen molar-refractivity contribution in [2.24, 2.45) is 0 Å². The number of aliphatic carboxylic acids is 1. The lowest BCUT2D eigenvalue weighted by atomic mass is 10.0. The van der Waals surface area contributed by atoms with E-state index in [1.165, 1.54) is 116 Å².